The van der Waals surface area contributed by atoms with Crippen molar-refractivity contribution in [2.45, 2.75) is 5.41 Å². The summed E-state index contributed by atoms with van der Waals surface area (Å²) in [5, 5.41) is 4.69. The smallest absolute Gasteiger partial charge is 0.333 e. The van der Waals surface area contributed by atoms with Crippen LogP contribution in [-0.4, -0.2) is 6.85 Å². The molecule has 0 spiro atoms. The zero-order valence-electron chi connectivity index (χ0n) is 34.2. The fraction of sp³-hybridized carbons (Fsp3) is 0.0169. The average molecular weight is 801 g/mol. The summed E-state index contributed by atoms with van der Waals surface area (Å²) in [7, 11) is 0. The highest BCUT2D eigenvalue weighted by molar-refractivity contribution is 6.94. The minimum absolute atomic E-state index is 0.200. The van der Waals surface area contributed by atoms with E-state index >= 15 is 0 Å². The molecule has 0 radical (unpaired) electrons. The first kappa shape index (κ1) is 34.6. The molecule has 3 aliphatic rings. The maximum absolute atomic E-state index is 7.17. The molecule has 0 aliphatic carbocycles. The quantitative estimate of drug-likeness (QED) is 0.165. The standard InChI is InChI=1S/C59H37BN2O/c1-4-17-38(18-5-1)39-31-34-43(35-32-39)62-55-44-24-11-10-19-40(44)33-36-46(55)47-37-48-45-25-12-15-30-53(45)63-58(48)57-54(47)60(62)51-28-16-27-50-56(51)61(57)52-29-14-13-26-49(52)59(50,41-20-6-2-7-21-41)42-22-8-3-9-23-42/h1-37H. The predicted molar refractivity (Wildman–Crippen MR) is 262 cm³/mol. The van der Waals surface area contributed by atoms with Crippen molar-refractivity contribution in [1.82, 2.24) is 0 Å². The maximum Gasteiger partial charge on any atom is 0.333 e. The summed E-state index contributed by atoms with van der Waals surface area (Å²) >= 11 is 0. The van der Waals surface area contributed by atoms with Crippen LogP contribution in [0.3, 0.4) is 0 Å². The van der Waals surface area contributed by atoms with E-state index in [4.69, 9.17) is 4.42 Å². The highest BCUT2D eigenvalue weighted by Crippen LogP contribution is 2.60. The van der Waals surface area contributed by atoms with Crippen LogP contribution in [-0.2, 0) is 5.41 Å². The molecule has 0 fully saturated rings. The minimum atomic E-state index is -0.621. The summed E-state index contributed by atoms with van der Waals surface area (Å²) in [6.45, 7) is -0.200. The van der Waals surface area contributed by atoms with Gasteiger partial charge in [-0.3, -0.25) is 0 Å². The third kappa shape index (κ3) is 4.59. The Labute approximate surface area is 365 Å². The van der Waals surface area contributed by atoms with E-state index < -0.39 is 5.41 Å². The van der Waals surface area contributed by atoms with Crippen molar-refractivity contribution in [3.63, 3.8) is 0 Å². The Bertz CT molecular complexity index is 3600. The number of benzene rings is 10. The Morgan fingerprint density at radius 2 is 1.06 bits per heavy atom. The largest absolute Gasteiger partial charge is 0.454 e. The van der Waals surface area contributed by atoms with Crippen LogP contribution in [0.4, 0.5) is 28.4 Å². The van der Waals surface area contributed by atoms with Crippen molar-refractivity contribution >= 4 is 78.9 Å². The Kier molecular flexibility index (Phi) is 7.13. The third-order valence-corrected chi connectivity index (χ3v) is 14.1. The second-order valence-electron chi connectivity index (χ2n) is 17.1. The van der Waals surface area contributed by atoms with Crippen molar-refractivity contribution in [1.29, 1.82) is 0 Å². The van der Waals surface area contributed by atoms with Gasteiger partial charge in [0, 0.05) is 38.8 Å². The molecule has 4 heteroatoms. The van der Waals surface area contributed by atoms with E-state index in [1.807, 2.05) is 0 Å². The first-order valence-electron chi connectivity index (χ1n) is 21.9. The Morgan fingerprint density at radius 1 is 0.429 bits per heavy atom. The molecular formula is C59H37BN2O. The number of anilines is 5. The molecule has 0 saturated carbocycles. The molecule has 0 bridgehead atoms. The summed E-state index contributed by atoms with van der Waals surface area (Å²) < 4.78 is 7.17. The summed E-state index contributed by atoms with van der Waals surface area (Å²) in [6.07, 6.45) is 0. The lowest BCUT2D eigenvalue weighted by Crippen LogP contribution is -2.62. The Morgan fingerprint density at radius 3 is 1.84 bits per heavy atom. The van der Waals surface area contributed by atoms with Crippen molar-refractivity contribution < 1.29 is 4.42 Å². The highest BCUT2D eigenvalue weighted by Gasteiger charge is 2.54. The van der Waals surface area contributed by atoms with Gasteiger partial charge in [0.25, 0.3) is 0 Å². The second kappa shape index (κ2) is 13.0. The van der Waals surface area contributed by atoms with Crippen LogP contribution < -0.4 is 20.6 Å². The zero-order chi connectivity index (χ0) is 41.2. The van der Waals surface area contributed by atoms with Crippen LogP contribution >= 0.6 is 0 Å². The number of furan rings is 1. The van der Waals surface area contributed by atoms with Crippen molar-refractivity contribution in [3.8, 4) is 22.3 Å². The molecule has 3 nitrogen and oxygen atoms in total. The van der Waals surface area contributed by atoms with Crippen LogP contribution in [0, 0.1) is 0 Å². The topological polar surface area (TPSA) is 19.6 Å². The summed E-state index contributed by atoms with van der Waals surface area (Å²) in [5.74, 6) is 0. The molecule has 1 aromatic heterocycles. The molecule has 292 valence electrons. The average Bonchev–Trinajstić information content (AvgIpc) is 3.74. The number of rotatable bonds is 4. The number of para-hydroxylation sites is 3. The zero-order valence-corrected chi connectivity index (χ0v) is 34.2. The van der Waals surface area contributed by atoms with Gasteiger partial charge in [0.1, 0.15) is 5.58 Å². The number of hydrogen-bond donors (Lipinski definition) is 0. The maximum atomic E-state index is 7.17. The van der Waals surface area contributed by atoms with E-state index in [2.05, 4.69) is 234 Å². The van der Waals surface area contributed by atoms with Gasteiger partial charge < -0.3 is 14.1 Å². The fourth-order valence-electron chi connectivity index (χ4n) is 11.6. The first-order valence-corrected chi connectivity index (χ1v) is 21.9. The molecule has 63 heavy (non-hydrogen) atoms. The molecule has 0 amide bonds. The van der Waals surface area contributed by atoms with Gasteiger partial charge in [0.05, 0.1) is 16.8 Å². The SMILES string of the molecule is c1ccc(-c2ccc(N3B4c5cccc6c5N(c5ccccc5C6(c5ccccc5)c5ccccc5)c5c4c(cc4c5oc5ccccc54)-c4ccc5ccccc5c43)cc2)cc1. The molecule has 10 aromatic carbocycles. The lowest BCUT2D eigenvalue weighted by Gasteiger charge is -2.52. The molecule has 11 aromatic rings. The molecule has 0 unspecified atom stereocenters. The third-order valence-electron chi connectivity index (χ3n) is 14.1. The van der Waals surface area contributed by atoms with Gasteiger partial charge in [-0.05, 0) is 85.6 Å². The van der Waals surface area contributed by atoms with Gasteiger partial charge in [-0.1, -0.05) is 194 Å². The van der Waals surface area contributed by atoms with Gasteiger partial charge in [-0.2, -0.15) is 0 Å². The number of fused-ring (bicyclic) bond motifs is 12. The van der Waals surface area contributed by atoms with Crippen LogP contribution in [0.15, 0.2) is 229 Å². The van der Waals surface area contributed by atoms with E-state index in [9.17, 15) is 0 Å². The second-order valence-corrected chi connectivity index (χ2v) is 17.1. The molecule has 4 heterocycles. The minimum Gasteiger partial charge on any atom is -0.454 e. The van der Waals surface area contributed by atoms with E-state index in [1.54, 1.807) is 0 Å². The van der Waals surface area contributed by atoms with Crippen LogP contribution in [0.1, 0.15) is 22.3 Å². The normalized spacial score (nSPS) is 14.1. The lowest BCUT2D eigenvalue weighted by molar-refractivity contribution is 0.668. The van der Waals surface area contributed by atoms with Gasteiger partial charge in [0.15, 0.2) is 5.58 Å². The van der Waals surface area contributed by atoms with Crippen LogP contribution in [0.5, 0.6) is 0 Å². The molecular weight excluding hydrogens is 763 g/mol. The molecule has 0 N–H and O–H groups in total. The van der Waals surface area contributed by atoms with E-state index in [0.717, 1.165) is 39.0 Å². The van der Waals surface area contributed by atoms with Gasteiger partial charge in [-0.15, -0.1) is 0 Å². The van der Waals surface area contributed by atoms with Crippen molar-refractivity contribution in [3.05, 3.63) is 247 Å². The molecule has 14 rings (SSSR count). The molecule has 0 atom stereocenters. The van der Waals surface area contributed by atoms with E-state index in [1.165, 1.54) is 77.6 Å². The Balaban J connectivity index is 1.17. The van der Waals surface area contributed by atoms with Crippen LogP contribution in [0.25, 0.3) is 55.0 Å². The fourth-order valence-corrected chi connectivity index (χ4v) is 11.6. The predicted octanol–water partition coefficient (Wildman–Crippen LogP) is 13.8. The lowest BCUT2D eigenvalue weighted by atomic mass is 9.42. The van der Waals surface area contributed by atoms with E-state index in [0.29, 0.717) is 0 Å². The van der Waals surface area contributed by atoms with Crippen molar-refractivity contribution in [2.24, 2.45) is 0 Å². The van der Waals surface area contributed by atoms with Crippen LogP contribution in [0.2, 0.25) is 0 Å². The summed E-state index contributed by atoms with van der Waals surface area (Å²) in [6, 6.07) is 82.9. The van der Waals surface area contributed by atoms with Gasteiger partial charge in [0.2, 0.25) is 0 Å². The highest BCUT2D eigenvalue weighted by atomic mass is 16.3. The summed E-state index contributed by atoms with van der Waals surface area (Å²) in [5.41, 5.74) is 19.3. The molecule has 0 saturated heterocycles. The van der Waals surface area contributed by atoms with Gasteiger partial charge >= 0.3 is 6.85 Å². The number of hydrogen-bond acceptors (Lipinski definition) is 3. The monoisotopic (exact) mass is 800 g/mol. The summed E-state index contributed by atoms with van der Waals surface area (Å²) in [4.78, 5) is 5.22. The number of nitrogens with zero attached hydrogens (tertiary/aromatic N) is 2. The van der Waals surface area contributed by atoms with Crippen molar-refractivity contribution in [2.75, 3.05) is 9.71 Å². The molecule has 3 aliphatic heterocycles. The Hall–Kier alpha value is -8.08. The van der Waals surface area contributed by atoms with Gasteiger partial charge in [-0.25, -0.2) is 0 Å². The van der Waals surface area contributed by atoms with E-state index in [-0.39, 0.29) is 6.85 Å². The first-order chi connectivity index (χ1) is 31.3.